The van der Waals surface area contributed by atoms with Gasteiger partial charge in [-0.2, -0.15) is 0 Å². The molecule has 0 saturated carbocycles. The van der Waals surface area contributed by atoms with Crippen LogP contribution < -0.4 is 16.2 Å². The third-order valence-corrected chi connectivity index (χ3v) is 3.49. The predicted octanol–water partition coefficient (Wildman–Crippen LogP) is 0.995. The number of allylic oxidation sites excluding steroid dienone is 2. The highest BCUT2D eigenvalue weighted by Gasteiger charge is 2.18. The van der Waals surface area contributed by atoms with E-state index in [1.165, 1.54) is 0 Å². The largest absolute Gasteiger partial charge is 0.378 e. The summed E-state index contributed by atoms with van der Waals surface area (Å²) in [4.78, 5) is 18.3. The van der Waals surface area contributed by atoms with E-state index in [1.54, 1.807) is 35.5 Å². The highest BCUT2D eigenvalue weighted by atomic mass is 35.5. The molecule has 0 radical (unpaired) electrons. The molecule has 3 heterocycles. The molecule has 3 N–H and O–H groups in total. The fraction of sp³-hybridized carbons (Fsp3) is 0.286. The lowest BCUT2D eigenvalue weighted by Crippen LogP contribution is -2.40. The van der Waals surface area contributed by atoms with Gasteiger partial charge in [-0.25, -0.2) is 4.98 Å². The van der Waals surface area contributed by atoms with Crippen LogP contribution in [0.15, 0.2) is 41.5 Å². The minimum Gasteiger partial charge on any atom is -0.378 e. The number of halogens is 1. The minimum absolute atomic E-state index is 0.0231. The number of aromatic nitrogens is 1. The van der Waals surface area contributed by atoms with Gasteiger partial charge in [0.05, 0.1) is 23.8 Å². The summed E-state index contributed by atoms with van der Waals surface area (Å²) >= 11 is 5.89. The number of amides is 1. The summed E-state index contributed by atoms with van der Waals surface area (Å²) in [5.74, 6) is 1.27. The molecule has 116 valence electrons. The molecule has 7 nitrogen and oxygen atoms in total. The molecular formula is C14H16ClN5O2. The third-order valence-electron chi connectivity index (χ3n) is 3.27. The Kier molecular flexibility index (Phi) is 4.45. The van der Waals surface area contributed by atoms with Crippen molar-refractivity contribution in [1.82, 2.24) is 20.7 Å². The molecule has 1 aromatic heterocycles. The number of nitrogens with zero attached hydrogens (tertiary/aromatic N) is 2. The Hall–Kier alpha value is -2.25. The molecule has 1 aromatic rings. The summed E-state index contributed by atoms with van der Waals surface area (Å²) in [5.41, 5.74) is 6.26. The average molecular weight is 322 g/mol. The predicted molar refractivity (Wildman–Crippen MR) is 82.9 cm³/mol. The average Bonchev–Trinajstić information content (AvgIpc) is 2.56. The second-order valence-electron chi connectivity index (χ2n) is 4.82. The molecule has 0 aromatic carbocycles. The van der Waals surface area contributed by atoms with E-state index in [0.717, 1.165) is 0 Å². The maximum atomic E-state index is 12.3. The van der Waals surface area contributed by atoms with Crippen LogP contribution in [0.25, 0.3) is 0 Å². The maximum Gasteiger partial charge on any atom is 0.255 e. The van der Waals surface area contributed by atoms with Crippen LogP contribution in [0, 0.1) is 0 Å². The summed E-state index contributed by atoms with van der Waals surface area (Å²) in [6, 6.07) is 3.50. The van der Waals surface area contributed by atoms with Gasteiger partial charge >= 0.3 is 0 Å². The minimum atomic E-state index is -0.0231. The Morgan fingerprint density at radius 2 is 2.18 bits per heavy atom. The van der Waals surface area contributed by atoms with Gasteiger partial charge in [0.15, 0.2) is 0 Å². The zero-order chi connectivity index (χ0) is 15.4. The Morgan fingerprint density at radius 3 is 2.86 bits per heavy atom. The molecule has 2 aliphatic heterocycles. The summed E-state index contributed by atoms with van der Waals surface area (Å²) in [7, 11) is 0. The van der Waals surface area contributed by atoms with Gasteiger partial charge in [0.1, 0.15) is 11.6 Å². The number of carbonyl (C=O) groups excluding carboxylic acids is 1. The fourth-order valence-electron chi connectivity index (χ4n) is 2.15. The van der Waals surface area contributed by atoms with Crippen LogP contribution in [0.2, 0.25) is 0 Å². The number of rotatable bonds is 3. The van der Waals surface area contributed by atoms with Crippen molar-refractivity contribution in [2.24, 2.45) is 0 Å². The van der Waals surface area contributed by atoms with Crippen molar-refractivity contribution >= 4 is 23.3 Å². The van der Waals surface area contributed by atoms with Crippen molar-refractivity contribution in [2.45, 2.75) is 0 Å². The number of nitrogens with one attached hydrogen (secondary N) is 3. The van der Waals surface area contributed by atoms with Crippen molar-refractivity contribution in [1.29, 1.82) is 0 Å². The van der Waals surface area contributed by atoms with Gasteiger partial charge in [-0.15, -0.1) is 0 Å². The molecule has 0 bridgehead atoms. The molecule has 1 fully saturated rings. The summed E-state index contributed by atoms with van der Waals surface area (Å²) < 4.78 is 5.24. The van der Waals surface area contributed by atoms with Crippen LogP contribution in [0.1, 0.15) is 10.4 Å². The first-order chi connectivity index (χ1) is 10.7. The van der Waals surface area contributed by atoms with Crippen molar-refractivity contribution in [3.63, 3.8) is 0 Å². The van der Waals surface area contributed by atoms with Crippen LogP contribution >= 0.6 is 11.6 Å². The number of morpholine rings is 1. The number of hydrogen-bond acceptors (Lipinski definition) is 6. The number of pyridine rings is 1. The highest BCUT2D eigenvalue weighted by molar-refractivity contribution is 6.31. The number of hydrogen-bond donors (Lipinski definition) is 3. The van der Waals surface area contributed by atoms with Gasteiger partial charge < -0.3 is 20.4 Å². The molecule has 1 amide bonds. The van der Waals surface area contributed by atoms with Crippen LogP contribution in [0.3, 0.4) is 0 Å². The van der Waals surface area contributed by atoms with Gasteiger partial charge in [0.2, 0.25) is 0 Å². The van der Waals surface area contributed by atoms with Gasteiger partial charge in [0.25, 0.3) is 5.91 Å². The Balaban J connectivity index is 1.65. The summed E-state index contributed by atoms with van der Waals surface area (Å²) in [5, 5.41) is 3.63. The number of carbonyl (C=O) groups is 1. The van der Waals surface area contributed by atoms with Gasteiger partial charge in [0, 0.05) is 31.6 Å². The lowest BCUT2D eigenvalue weighted by molar-refractivity contribution is 0.0302. The highest BCUT2D eigenvalue weighted by Crippen LogP contribution is 2.13. The van der Waals surface area contributed by atoms with Gasteiger partial charge in [-0.3, -0.25) is 10.2 Å². The summed E-state index contributed by atoms with van der Waals surface area (Å²) in [6.07, 6.45) is 4.92. The fourth-order valence-corrected chi connectivity index (χ4v) is 2.31. The third kappa shape index (κ3) is 3.49. The van der Waals surface area contributed by atoms with Crippen molar-refractivity contribution in [3.05, 3.63) is 47.0 Å². The van der Waals surface area contributed by atoms with Crippen LogP contribution in [-0.2, 0) is 4.74 Å². The Bertz CT molecular complexity index is 608. The quantitative estimate of drug-likeness (QED) is 0.771. The monoisotopic (exact) mass is 321 g/mol. The second-order valence-corrected chi connectivity index (χ2v) is 5.25. The van der Waals surface area contributed by atoms with Gasteiger partial charge in [-0.05, 0) is 12.1 Å². The Labute approximate surface area is 133 Å². The van der Waals surface area contributed by atoms with Gasteiger partial charge in [-0.1, -0.05) is 11.6 Å². The number of hydrazine groups is 1. The Morgan fingerprint density at radius 1 is 1.36 bits per heavy atom. The smallest absolute Gasteiger partial charge is 0.255 e. The van der Waals surface area contributed by atoms with E-state index in [2.05, 4.69) is 21.2 Å². The first-order valence-electron chi connectivity index (χ1n) is 6.91. The van der Waals surface area contributed by atoms with E-state index in [1.807, 2.05) is 0 Å². The number of anilines is 1. The van der Waals surface area contributed by atoms with E-state index >= 15 is 0 Å². The maximum absolute atomic E-state index is 12.3. The molecule has 0 aliphatic carbocycles. The van der Waals surface area contributed by atoms with Crippen LogP contribution in [0.4, 0.5) is 5.82 Å². The standard InChI is InChI=1S/C14H16ClN5O2/c15-11-7-13(19-17-9-11)18-12-2-1-10(8-16-12)14(21)20-3-5-22-6-4-20/h1-2,7-9,17,19H,3-6H2,(H,16,18). The molecule has 3 rings (SSSR count). The zero-order valence-corrected chi connectivity index (χ0v) is 12.6. The van der Waals surface area contributed by atoms with E-state index in [0.29, 0.717) is 48.5 Å². The summed E-state index contributed by atoms with van der Waals surface area (Å²) in [6.45, 7) is 2.40. The van der Waals surface area contributed by atoms with E-state index in [-0.39, 0.29) is 5.91 Å². The number of ether oxygens (including phenoxy) is 1. The lowest BCUT2D eigenvalue weighted by Gasteiger charge is -2.26. The van der Waals surface area contributed by atoms with Crippen molar-refractivity contribution < 1.29 is 9.53 Å². The molecule has 0 unspecified atom stereocenters. The topological polar surface area (TPSA) is 78.5 Å². The SMILES string of the molecule is O=C(c1ccc(NC2=CC(Cl)=CNN2)nc1)N1CCOCC1. The second kappa shape index (κ2) is 6.67. The molecule has 2 aliphatic rings. The molecule has 8 heteroatoms. The molecule has 22 heavy (non-hydrogen) atoms. The first kappa shape index (κ1) is 14.7. The zero-order valence-electron chi connectivity index (χ0n) is 11.8. The van der Waals surface area contributed by atoms with Crippen molar-refractivity contribution in [3.8, 4) is 0 Å². The molecule has 0 spiro atoms. The molecule has 0 atom stereocenters. The first-order valence-corrected chi connectivity index (χ1v) is 7.29. The van der Waals surface area contributed by atoms with Crippen molar-refractivity contribution in [2.75, 3.05) is 31.6 Å². The lowest BCUT2D eigenvalue weighted by atomic mass is 10.2. The van der Waals surface area contributed by atoms with Crippen LogP contribution in [-0.4, -0.2) is 42.1 Å². The van der Waals surface area contributed by atoms with Crippen LogP contribution in [0.5, 0.6) is 0 Å². The van der Waals surface area contributed by atoms with E-state index in [4.69, 9.17) is 16.3 Å². The normalized spacial score (nSPS) is 17.8. The molecule has 1 saturated heterocycles. The van der Waals surface area contributed by atoms with E-state index in [9.17, 15) is 4.79 Å². The molecular weight excluding hydrogens is 306 g/mol. The van der Waals surface area contributed by atoms with E-state index < -0.39 is 0 Å².